The highest BCUT2D eigenvalue weighted by molar-refractivity contribution is 7.99. The molecule has 0 aliphatic heterocycles. The number of benzene rings is 2. The lowest BCUT2D eigenvalue weighted by Gasteiger charge is -2.09. The third kappa shape index (κ3) is 3.73. The quantitative estimate of drug-likeness (QED) is 0.510. The Morgan fingerprint density at radius 2 is 2.10 bits per heavy atom. The summed E-state index contributed by atoms with van der Waals surface area (Å²) in [7, 11) is 1.63. The normalized spacial score (nSPS) is 10.8. The monoisotopic (exact) mass is 403 g/mol. The van der Waals surface area contributed by atoms with Crippen LogP contribution in [-0.4, -0.2) is 33.4 Å². The van der Waals surface area contributed by atoms with E-state index in [4.69, 9.17) is 10.00 Å². The Hall–Kier alpha value is -3.57. The molecule has 2 aromatic carbocycles. The first-order valence-corrected chi connectivity index (χ1v) is 9.83. The van der Waals surface area contributed by atoms with Crippen LogP contribution in [0, 0.1) is 18.3 Å². The molecule has 2 heterocycles. The first kappa shape index (κ1) is 18.8. The number of pyridine rings is 1. The van der Waals surface area contributed by atoms with E-state index in [2.05, 4.69) is 21.6 Å². The van der Waals surface area contributed by atoms with Gasteiger partial charge in [-0.2, -0.15) is 5.26 Å². The van der Waals surface area contributed by atoms with Gasteiger partial charge in [0, 0.05) is 17.1 Å². The van der Waals surface area contributed by atoms with Gasteiger partial charge < -0.3 is 10.1 Å². The molecule has 4 rings (SSSR count). The number of rotatable bonds is 5. The molecule has 8 heteroatoms. The summed E-state index contributed by atoms with van der Waals surface area (Å²) >= 11 is 1.30. The molecule has 4 aromatic rings. The van der Waals surface area contributed by atoms with Gasteiger partial charge in [-0.1, -0.05) is 17.8 Å². The number of hydrogen-bond donors (Lipinski definition) is 1. The first-order valence-electron chi connectivity index (χ1n) is 8.84. The summed E-state index contributed by atoms with van der Waals surface area (Å²) in [5.74, 6) is 0.719. The summed E-state index contributed by atoms with van der Waals surface area (Å²) < 4.78 is 7.29. The highest BCUT2D eigenvalue weighted by Gasteiger charge is 2.14. The number of carbonyl (C=O) groups excluding carboxylic acids is 1. The van der Waals surface area contributed by atoms with Gasteiger partial charge in [-0.3, -0.25) is 9.20 Å². The van der Waals surface area contributed by atoms with Crippen LogP contribution in [0.3, 0.4) is 0 Å². The van der Waals surface area contributed by atoms with Crippen molar-refractivity contribution < 1.29 is 9.53 Å². The van der Waals surface area contributed by atoms with Gasteiger partial charge in [-0.05, 0) is 48.9 Å². The molecule has 7 nitrogen and oxygen atoms in total. The van der Waals surface area contributed by atoms with Crippen molar-refractivity contribution in [1.82, 2.24) is 14.6 Å². The third-order valence-corrected chi connectivity index (χ3v) is 5.41. The van der Waals surface area contributed by atoms with E-state index in [1.807, 2.05) is 35.6 Å². The van der Waals surface area contributed by atoms with Gasteiger partial charge in [0.15, 0.2) is 10.8 Å². The van der Waals surface area contributed by atoms with E-state index in [1.54, 1.807) is 31.4 Å². The SMILES string of the molecule is COc1ccc2c(C)cc3nnc(SCC(=O)Nc4cccc(C#N)c4)n3c2c1. The molecule has 0 aliphatic rings. The predicted molar refractivity (Wildman–Crippen MR) is 112 cm³/mol. The van der Waals surface area contributed by atoms with Gasteiger partial charge in [0.25, 0.3) is 0 Å². The molecule has 1 amide bonds. The fourth-order valence-corrected chi connectivity index (χ4v) is 3.87. The van der Waals surface area contributed by atoms with Gasteiger partial charge in [-0.25, -0.2) is 0 Å². The third-order valence-electron chi connectivity index (χ3n) is 4.48. The number of thioether (sulfide) groups is 1. The van der Waals surface area contributed by atoms with Crippen molar-refractivity contribution in [2.75, 3.05) is 18.2 Å². The average Bonchev–Trinajstić information content (AvgIpc) is 3.15. The molecule has 0 fully saturated rings. The molecule has 0 bridgehead atoms. The van der Waals surface area contributed by atoms with Crippen LogP contribution >= 0.6 is 11.8 Å². The second kappa shape index (κ2) is 7.81. The van der Waals surface area contributed by atoms with Crippen LogP contribution in [0.15, 0.2) is 53.7 Å². The number of nitriles is 1. The van der Waals surface area contributed by atoms with E-state index >= 15 is 0 Å². The van der Waals surface area contributed by atoms with Crippen molar-refractivity contribution in [2.24, 2.45) is 0 Å². The smallest absolute Gasteiger partial charge is 0.234 e. The molecule has 144 valence electrons. The summed E-state index contributed by atoms with van der Waals surface area (Å²) in [5.41, 5.74) is 3.82. The van der Waals surface area contributed by atoms with Crippen molar-refractivity contribution in [3.05, 3.63) is 59.7 Å². The minimum absolute atomic E-state index is 0.164. The summed E-state index contributed by atoms with van der Waals surface area (Å²) in [6, 6.07) is 16.7. The molecule has 0 aliphatic carbocycles. The Balaban J connectivity index is 1.60. The van der Waals surface area contributed by atoms with Crippen LogP contribution in [0.25, 0.3) is 16.6 Å². The van der Waals surface area contributed by atoms with Crippen LogP contribution in [0.5, 0.6) is 5.75 Å². The van der Waals surface area contributed by atoms with Gasteiger partial charge in [0.05, 0.1) is 30.0 Å². The standard InChI is InChI=1S/C21H17N5O2S/c1-13-8-19-24-25-21(26(19)18-10-16(28-2)6-7-17(13)18)29-12-20(27)23-15-5-3-4-14(9-15)11-22/h3-10H,12H2,1-2H3,(H,23,27). The molecule has 0 saturated carbocycles. The number of fused-ring (bicyclic) bond motifs is 3. The maximum absolute atomic E-state index is 12.4. The number of hydrogen-bond acceptors (Lipinski definition) is 6. The number of nitrogens with one attached hydrogen (secondary N) is 1. The largest absolute Gasteiger partial charge is 0.497 e. The Bertz CT molecular complexity index is 1280. The van der Waals surface area contributed by atoms with Gasteiger partial charge >= 0.3 is 0 Å². The van der Waals surface area contributed by atoms with Crippen LogP contribution in [0.4, 0.5) is 5.69 Å². The highest BCUT2D eigenvalue weighted by Crippen LogP contribution is 2.28. The van der Waals surface area contributed by atoms with Crippen LogP contribution in [-0.2, 0) is 4.79 Å². The summed E-state index contributed by atoms with van der Waals surface area (Å²) in [4.78, 5) is 12.4. The second-order valence-corrected chi connectivity index (χ2v) is 7.36. The molecule has 0 saturated heterocycles. The van der Waals surface area contributed by atoms with Gasteiger partial charge in [0.2, 0.25) is 5.91 Å². The number of aromatic nitrogens is 3. The number of nitrogens with zero attached hydrogens (tertiary/aromatic N) is 4. The maximum Gasteiger partial charge on any atom is 0.234 e. The number of carbonyl (C=O) groups is 1. The number of amides is 1. The van der Waals surface area contributed by atoms with E-state index in [-0.39, 0.29) is 11.7 Å². The number of anilines is 1. The topological polar surface area (TPSA) is 92.3 Å². The minimum Gasteiger partial charge on any atom is -0.497 e. The molecule has 0 radical (unpaired) electrons. The molecule has 2 aromatic heterocycles. The Morgan fingerprint density at radius 3 is 2.90 bits per heavy atom. The number of ether oxygens (including phenoxy) is 1. The highest BCUT2D eigenvalue weighted by atomic mass is 32.2. The Labute approximate surface area is 171 Å². The van der Waals surface area contributed by atoms with Crippen LogP contribution in [0.2, 0.25) is 0 Å². The van der Waals surface area contributed by atoms with E-state index in [0.717, 1.165) is 22.2 Å². The molecular formula is C21H17N5O2S. The number of methoxy groups -OCH3 is 1. The zero-order valence-electron chi connectivity index (χ0n) is 15.8. The minimum atomic E-state index is -0.184. The van der Waals surface area contributed by atoms with Gasteiger partial charge in [0.1, 0.15) is 5.75 Å². The summed E-state index contributed by atoms with van der Waals surface area (Å²) in [6.07, 6.45) is 0. The van der Waals surface area contributed by atoms with E-state index in [1.165, 1.54) is 11.8 Å². The lowest BCUT2D eigenvalue weighted by Crippen LogP contribution is -2.14. The fraction of sp³-hybridized carbons (Fsp3) is 0.143. The lowest BCUT2D eigenvalue weighted by molar-refractivity contribution is -0.113. The summed E-state index contributed by atoms with van der Waals surface area (Å²) in [5, 5.41) is 22.0. The molecule has 0 spiro atoms. The Kier molecular flexibility index (Phi) is 5.06. The summed E-state index contributed by atoms with van der Waals surface area (Å²) in [6.45, 7) is 2.03. The molecule has 0 unspecified atom stereocenters. The van der Waals surface area contributed by atoms with Crippen molar-refractivity contribution in [2.45, 2.75) is 12.1 Å². The molecular weight excluding hydrogens is 386 g/mol. The van der Waals surface area contributed by atoms with Gasteiger partial charge in [-0.15, -0.1) is 10.2 Å². The predicted octanol–water partition coefficient (Wildman–Crippen LogP) is 3.80. The molecule has 29 heavy (non-hydrogen) atoms. The van der Waals surface area contributed by atoms with Crippen molar-refractivity contribution >= 4 is 39.9 Å². The van der Waals surface area contributed by atoms with Crippen molar-refractivity contribution in [1.29, 1.82) is 5.26 Å². The van der Waals surface area contributed by atoms with Crippen molar-refractivity contribution in [3.63, 3.8) is 0 Å². The fourth-order valence-electron chi connectivity index (χ4n) is 3.12. The van der Waals surface area contributed by atoms with E-state index < -0.39 is 0 Å². The van der Waals surface area contributed by atoms with E-state index in [9.17, 15) is 4.79 Å². The zero-order valence-corrected chi connectivity index (χ0v) is 16.7. The van der Waals surface area contributed by atoms with Crippen LogP contribution in [0.1, 0.15) is 11.1 Å². The first-order chi connectivity index (χ1) is 14.1. The van der Waals surface area contributed by atoms with Crippen LogP contribution < -0.4 is 10.1 Å². The maximum atomic E-state index is 12.4. The molecule has 1 N–H and O–H groups in total. The average molecular weight is 403 g/mol. The Morgan fingerprint density at radius 1 is 1.24 bits per heavy atom. The van der Waals surface area contributed by atoms with Crippen molar-refractivity contribution in [3.8, 4) is 11.8 Å². The number of aryl methyl sites for hydroxylation is 1. The zero-order chi connectivity index (χ0) is 20.4. The second-order valence-electron chi connectivity index (χ2n) is 6.42. The van der Waals surface area contributed by atoms with E-state index in [0.29, 0.717) is 22.1 Å². The lowest BCUT2D eigenvalue weighted by atomic mass is 10.1. The molecule has 0 atom stereocenters.